The maximum atomic E-state index is 9.00. The summed E-state index contributed by atoms with van der Waals surface area (Å²) in [6.45, 7) is 1.79. The van der Waals surface area contributed by atoms with E-state index in [1.807, 2.05) is 0 Å². The predicted molar refractivity (Wildman–Crippen MR) is 52.3 cm³/mol. The summed E-state index contributed by atoms with van der Waals surface area (Å²) < 4.78 is 5.55. The van der Waals surface area contributed by atoms with Gasteiger partial charge in [0.15, 0.2) is 6.29 Å². The summed E-state index contributed by atoms with van der Waals surface area (Å²) >= 11 is 2.33. The lowest BCUT2D eigenvalue weighted by Crippen LogP contribution is -2.25. The number of aliphatic hydroxyl groups excluding tert-OH is 1. The molecule has 0 aromatic heterocycles. The molecule has 0 radical (unpaired) electrons. The zero-order valence-corrected chi connectivity index (χ0v) is 9.02. The highest BCUT2D eigenvalue weighted by atomic mass is 127. The SMILES string of the molecule is CC(=O)O.OC1CCC(I)CO1. The van der Waals surface area contributed by atoms with Gasteiger partial charge in [-0.25, -0.2) is 0 Å². The van der Waals surface area contributed by atoms with E-state index < -0.39 is 12.3 Å². The molecular formula is C7H13IO4. The van der Waals surface area contributed by atoms with Crippen LogP contribution in [0.3, 0.4) is 0 Å². The molecular weight excluding hydrogens is 275 g/mol. The number of carboxylic acids is 1. The average molecular weight is 288 g/mol. The van der Waals surface area contributed by atoms with Crippen LogP contribution in [0.1, 0.15) is 19.8 Å². The van der Waals surface area contributed by atoms with E-state index in [9.17, 15) is 0 Å². The molecule has 4 nitrogen and oxygen atoms in total. The lowest BCUT2D eigenvalue weighted by Gasteiger charge is -2.21. The van der Waals surface area contributed by atoms with Gasteiger partial charge < -0.3 is 14.9 Å². The second-order valence-electron chi connectivity index (χ2n) is 2.48. The number of aliphatic hydroxyl groups is 1. The van der Waals surface area contributed by atoms with Gasteiger partial charge in [0.25, 0.3) is 5.97 Å². The van der Waals surface area contributed by atoms with Crippen molar-refractivity contribution in [1.82, 2.24) is 0 Å². The molecule has 12 heavy (non-hydrogen) atoms. The molecule has 0 aromatic carbocycles. The van der Waals surface area contributed by atoms with Crippen LogP contribution in [0.15, 0.2) is 0 Å². The summed E-state index contributed by atoms with van der Waals surface area (Å²) in [6, 6.07) is 0. The van der Waals surface area contributed by atoms with Crippen molar-refractivity contribution in [3.8, 4) is 0 Å². The van der Waals surface area contributed by atoms with E-state index in [2.05, 4.69) is 22.6 Å². The molecule has 0 spiro atoms. The van der Waals surface area contributed by atoms with Crippen molar-refractivity contribution in [3.05, 3.63) is 0 Å². The number of hydrogen-bond donors (Lipinski definition) is 2. The molecule has 0 aromatic rings. The Morgan fingerprint density at radius 2 is 2.08 bits per heavy atom. The van der Waals surface area contributed by atoms with Gasteiger partial charge in [-0.3, -0.25) is 4.79 Å². The van der Waals surface area contributed by atoms with Crippen LogP contribution in [0.4, 0.5) is 0 Å². The topological polar surface area (TPSA) is 66.8 Å². The largest absolute Gasteiger partial charge is 0.481 e. The van der Waals surface area contributed by atoms with Gasteiger partial charge in [0.2, 0.25) is 0 Å². The van der Waals surface area contributed by atoms with Crippen molar-refractivity contribution in [2.24, 2.45) is 0 Å². The van der Waals surface area contributed by atoms with Gasteiger partial charge in [0.05, 0.1) is 6.61 Å². The molecule has 2 N–H and O–H groups in total. The highest BCUT2D eigenvalue weighted by molar-refractivity contribution is 14.1. The molecule has 0 amide bonds. The van der Waals surface area contributed by atoms with E-state index in [-0.39, 0.29) is 0 Å². The quantitative estimate of drug-likeness (QED) is 0.515. The standard InChI is InChI=1S/C5H9IO2.C2H4O2/c6-4-1-2-5(7)8-3-4;1-2(3)4/h4-5,7H,1-3H2;1H3,(H,3,4). The average Bonchev–Trinajstić information content (AvgIpc) is 1.94. The van der Waals surface area contributed by atoms with Crippen LogP contribution in [0.2, 0.25) is 0 Å². The van der Waals surface area contributed by atoms with Gasteiger partial charge >= 0.3 is 0 Å². The zero-order valence-electron chi connectivity index (χ0n) is 6.86. The second-order valence-corrected chi connectivity index (χ2v) is 4.24. The number of rotatable bonds is 0. The summed E-state index contributed by atoms with van der Waals surface area (Å²) in [5.74, 6) is -0.833. The first-order chi connectivity index (χ1) is 5.52. The van der Waals surface area contributed by atoms with Crippen molar-refractivity contribution < 1.29 is 19.7 Å². The van der Waals surface area contributed by atoms with Gasteiger partial charge in [-0.05, 0) is 12.8 Å². The molecule has 1 heterocycles. The number of hydrogen-bond acceptors (Lipinski definition) is 3. The Balaban J connectivity index is 0.000000261. The lowest BCUT2D eigenvalue weighted by molar-refractivity contribution is -0.134. The Bertz CT molecular complexity index is 117. The van der Waals surface area contributed by atoms with Gasteiger partial charge in [0.1, 0.15) is 0 Å². The summed E-state index contributed by atoms with van der Waals surface area (Å²) in [4.78, 5) is 9.00. The molecule has 1 fully saturated rings. The minimum Gasteiger partial charge on any atom is -0.481 e. The Kier molecular flexibility index (Phi) is 6.68. The fraction of sp³-hybridized carbons (Fsp3) is 0.857. The number of carbonyl (C=O) groups is 1. The summed E-state index contributed by atoms with van der Waals surface area (Å²) in [5, 5.41) is 16.2. The van der Waals surface area contributed by atoms with E-state index in [0.29, 0.717) is 10.5 Å². The van der Waals surface area contributed by atoms with Crippen molar-refractivity contribution >= 4 is 28.6 Å². The van der Waals surface area contributed by atoms with Crippen LogP contribution in [0.5, 0.6) is 0 Å². The van der Waals surface area contributed by atoms with Crippen molar-refractivity contribution in [1.29, 1.82) is 0 Å². The highest BCUT2D eigenvalue weighted by Crippen LogP contribution is 2.17. The summed E-state index contributed by atoms with van der Waals surface area (Å²) in [5.41, 5.74) is 0. The second kappa shape index (κ2) is 6.62. The zero-order chi connectivity index (χ0) is 9.56. The molecule has 1 aliphatic heterocycles. The van der Waals surface area contributed by atoms with Gasteiger partial charge in [-0.15, -0.1) is 0 Å². The smallest absolute Gasteiger partial charge is 0.300 e. The Morgan fingerprint density at radius 1 is 1.58 bits per heavy atom. The molecule has 2 atom stereocenters. The predicted octanol–water partition coefficient (Wildman–Crippen LogP) is 1.01. The molecule has 0 aliphatic carbocycles. The fourth-order valence-corrected chi connectivity index (χ4v) is 1.27. The van der Waals surface area contributed by atoms with Crippen LogP contribution < -0.4 is 0 Å². The minimum atomic E-state index is -0.833. The van der Waals surface area contributed by atoms with Crippen LogP contribution in [-0.2, 0) is 9.53 Å². The third kappa shape index (κ3) is 8.22. The minimum absolute atomic E-state index is 0.485. The van der Waals surface area contributed by atoms with Gasteiger partial charge in [-0.2, -0.15) is 0 Å². The monoisotopic (exact) mass is 288 g/mol. The van der Waals surface area contributed by atoms with E-state index in [4.69, 9.17) is 19.7 Å². The van der Waals surface area contributed by atoms with Crippen LogP contribution in [-0.4, -0.2) is 33.0 Å². The van der Waals surface area contributed by atoms with E-state index in [1.54, 1.807) is 0 Å². The van der Waals surface area contributed by atoms with Crippen molar-refractivity contribution in [2.75, 3.05) is 6.61 Å². The maximum absolute atomic E-state index is 9.00. The molecule has 1 aliphatic rings. The molecule has 1 saturated heterocycles. The van der Waals surface area contributed by atoms with Gasteiger partial charge in [0, 0.05) is 10.8 Å². The first-order valence-corrected chi connectivity index (χ1v) is 4.90. The van der Waals surface area contributed by atoms with E-state index in [0.717, 1.165) is 19.8 Å². The molecule has 2 unspecified atom stereocenters. The Morgan fingerprint density at radius 3 is 2.33 bits per heavy atom. The molecule has 1 rings (SSSR count). The van der Waals surface area contributed by atoms with Crippen molar-refractivity contribution in [2.45, 2.75) is 30.0 Å². The molecule has 0 saturated carbocycles. The maximum Gasteiger partial charge on any atom is 0.300 e. The first-order valence-electron chi connectivity index (χ1n) is 3.65. The number of carboxylic acid groups (broad SMARTS) is 1. The third-order valence-corrected chi connectivity index (χ3v) is 2.18. The van der Waals surface area contributed by atoms with Gasteiger partial charge in [-0.1, -0.05) is 22.6 Å². The number of alkyl halides is 1. The molecule has 0 bridgehead atoms. The first kappa shape index (κ1) is 12.1. The number of halogens is 1. The normalized spacial score (nSPS) is 28.6. The van der Waals surface area contributed by atoms with Crippen LogP contribution >= 0.6 is 22.6 Å². The highest BCUT2D eigenvalue weighted by Gasteiger charge is 2.16. The van der Waals surface area contributed by atoms with E-state index >= 15 is 0 Å². The fourth-order valence-electron chi connectivity index (χ4n) is 0.706. The summed E-state index contributed by atoms with van der Waals surface area (Å²) in [7, 11) is 0. The van der Waals surface area contributed by atoms with Crippen LogP contribution in [0, 0.1) is 0 Å². The van der Waals surface area contributed by atoms with Crippen LogP contribution in [0.25, 0.3) is 0 Å². The Hall–Kier alpha value is 0.120. The Labute approximate surface area is 85.1 Å². The molecule has 72 valence electrons. The molecule has 5 heteroatoms. The lowest BCUT2D eigenvalue weighted by atomic mass is 10.2. The van der Waals surface area contributed by atoms with Crippen molar-refractivity contribution in [3.63, 3.8) is 0 Å². The number of aliphatic carboxylic acids is 1. The summed E-state index contributed by atoms with van der Waals surface area (Å²) in [6.07, 6.45) is 1.40. The number of ether oxygens (including phenoxy) is 1. The third-order valence-electron chi connectivity index (χ3n) is 1.20. The van der Waals surface area contributed by atoms with E-state index in [1.165, 1.54) is 0 Å².